The van der Waals surface area contributed by atoms with Gasteiger partial charge in [0.1, 0.15) is 11.5 Å². The zero-order chi connectivity index (χ0) is 24.3. The molecule has 1 fully saturated rings. The van der Waals surface area contributed by atoms with Gasteiger partial charge in [-0.2, -0.15) is 0 Å². The third-order valence-corrected chi connectivity index (χ3v) is 6.97. The number of phenolic OH excluding ortho intramolecular Hbond substituents is 2. The molecule has 186 valence electrons. The number of hydrogen-bond acceptors (Lipinski definition) is 4. The molecule has 3 rings (SSSR count). The van der Waals surface area contributed by atoms with Crippen LogP contribution in [-0.2, 0) is 11.2 Å². The quantitative estimate of drug-likeness (QED) is 0.339. The van der Waals surface area contributed by atoms with E-state index in [1.165, 1.54) is 32.1 Å². The molecule has 2 aromatic carbocycles. The van der Waals surface area contributed by atoms with Crippen LogP contribution < -0.4 is 5.32 Å². The summed E-state index contributed by atoms with van der Waals surface area (Å²) >= 11 is 0. The number of carbonyl (C=O) groups excluding carboxylic acids is 1. The van der Waals surface area contributed by atoms with E-state index >= 15 is 0 Å². The van der Waals surface area contributed by atoms with Crippen LogP contribution in [-0.4, -0.2) is 40.7 Å². The summed E-state index contributed by atoms with van der Waals surface area (Å²) in [7, 11) is 0. The molecule has 5 heteroatoms. The molecule has 1 aliphatic rings. The molecule has 2 unspecified atom stereocenters. The van der Waals surface area contributed by atoms with Crippen molar-refractivity contribution >= 4 is 5.91 Å². The summed E-state index contributed by atoms with van der Waals surface area (Å²) in [6.45, 7) is 6.69. The van der Waals surface area contributed by atoms with Gasteiger partial charge >= 0.3 is 0 Å². The van der Waals surface area contributed by atoms with Gasteiger partial charge in [-0.05, 0) is 68.0 Å². The van der Waals surface area contributed by atoms with Gasteiger partial charge in [0.2, 0.25) is 5.91 Å². The molecule has 1 amide bonds. The van der Waals surface area contributed by atoms with Gasteiger partial charge in [-0.1, -0.05) is 76.3 Å². The van der Waals surface area contributed by atoms with E-state index in [1.807, 2.05) is 30.3 Å². The van der Waals surface area contributed by atoms with Gasteiger partial charge in [0.15, 0.2) is 0 Å². The number of unbranched alkanes of at least 4 members (excludes halogenated alkanes) is 2. The molecule has 5 nitrogen and oxygen atoms in total. The van der Waals surface area contributed by atoms with Crippen LogP contribution in [0, 0.1) is 5.92 Å². The van der Waals surface area contributed by atoms with Gasteiger partial charge in [-0.3, -0.25) is 9.69 Å². The zero-order valence-corrected chi connectivity index (χ0v) is 20.9. The van der Waals surface area contributed by atoms with Crippen molar-refractivity contribution in [1.82, 2.24) is 10.2 Å². The van der Waals surface area contributed by atoms with Crippen molar-refractivity contribution in [2.45, 2.75) is 77.7 Å². The summed E-state index contributed by atoms with van der Waals surface area (Å²) in [6, 6.07) is 12.4. The largest absolute Gasteiger partial charge is 0.507 e. The number of nitrogens with zero attached hydrogens (tertiary/aromatic N) is 1. The average Bonchev–Trinajstić information content (AvgIpc) is 2.83. The minimum absolute atomic E-state index is 0.0285. The van der Waals surface area contributed by atoms with Gasteiger partial charge in [0.25, 0.3) is 0 Å². The highest BCUT2D eigenvalue weighted by molar-refractivity contribution is 5.79. The smallest absolute Gasteiger partial charge is 0.234 e. The summed E-state index contributed by atoms with van der Waals surface area (Å²) < 4.78 is 0. The molecule has 2 aromatic rings. The average molecular weight is 467 g/mol. The molecule has 3 N–H and O–H groups in total. The first kappa shape index (κ1) is 26.1. The molecular formula is C29H42N2O3. The predicted octanol–water partition coefficient (Wildman–Crippen LogP) is 5.94. The minimum atomic E-state index is -0.611. The molecule has 1 aliphatic heterocycles. The van der Waals surface area contributed by atoms with E-state index < -0.39 is 6.04 Å². The Bertz CT molecular complexity index is 870. The number of aryl methyl sites for hydroxylation is 1. The van der Waals surface area contributed by atoms with Crippen molar-refractivity contribution in [3.05, 3.63) is 59.2 Å². The van der Waals surface area contributed by atoms with E-state index in [-0.39, 0.29) is 17.4 Å². The standard InChI is InChI=1S/C29H42N2O3/c1-3-4-7-12-22(2)15-16-23-19-25(32)28(26(33)20-23)29(24-13-8-5-9-14-24)30-27(34)21-31-17-10-6-11-18-31/h5,8-9,13-14,19-20,22,29,32-33H,3-4,6-7,10-12,15-18,21H2,1-2H3,(H,30,34). The second kappa shape index (κ2) is 13.4. The van der Waals surface area contributed by atoms with E-state index in [0.29, 0.717) is 18.0 Å². The summed E-state index contributed by atoms with van der Waals surface area (Å²) in [5.41, 5.74) is 2.11. The van der Waals surface area contributed by atoms with Gasteiger partial charge in [-0.25, -0.2) is 0 Å². The van der Waals surface area contributed by atoms with Crippen molar-refractivity contribution in [2.24, 2.45) is 5.92 Å². The van der Waals surface area contributed by atoms with Crippen LogP contribution in [0.4, 0.5) is 0 Å². The third-order valence-electron chi connectivity index (χ3n) is 6.97. The maximum atomic E-state index is 12.9. The molecule has 0 spiro atoms. The Labute approximate surface area is 205 Å². The molecule has 1 saturated heterocycles. The van der Waals surface area contributed by atoms with Crippen LogP contribution in [0.15, 0.2) is 42.5 Å². The first-order valence-electron chi connectivity index (χ1n) is 13.1. The van der Waals surface area contributed by atoms with E-state index in [2.05, 4.69) is 24.1 Å². The van der Waals surface area contributed by atoms with Crippen LogP contribution in [0.3, 0.4) is 0 Å². The van der Waals surface area contributed by atoms with E-state index in [1.54, 1.807) is 12.1 Å². The topological polar surface area (TPSA) is 72.8 Å². The Morgan fingerprint density at radius 2 is 1.68 bits per heavy atom. The SMILES string of the molecule is CCCCCC(C)CCc1cc(O)c(C(NC(=O)CN2CCCCC2)c2ccccc2)c(O)c1. The van der Waals surface area contributed by atoms with Crippen molar-refractivity contribution in [3.63, 3.8) is 0 Å². The molecule has 0 saturated carbocycles. The predicted molar refractivity (Wildman–Crippen MR) is 138 cm³/mol. The third kappa shape index (κ3) is 7.76. The molecule has 0 aliphatic carbocycles. The number of phenols is 2. The Morgan fingerprint density at radius 3 is 2.32 bits per heavy atom. The lowest BCUT2D eigenvalue weighted by molar-refractivity contribution is -0.123. The van der Waals surface area contributed by atoms with Gasteiger partial charge in [0, 0.05) is 0 Å². The molecule has 2 atom stereocenters. The van der Waals surface area contributed by atoms with Crippen molar-refractivity contribution < 1.29 is 15.0 Å². The maximum Gasteiger partial charge on any atom is 0.234 e. The van der Waals surface area contributed by atoms with Crippen LogP contribution in [0.5, 0.6) is 11.5 Å². The molecule has 0 aromatic heterocycles. The molecule has 0 radical (unpaired) electrons. The second-order valence-electron chi connectivity index (χ2n) is 9.94. The molecular weight excluding hydrogens is 424 g/mol. The van der Waals surface area contributed by atoms with E-state index in [4.69, 9.17) is 0 Å². The highest BCUT2D eigenvalue weighted by Crippen LogP contribution is 2.38. The first-order valence-corrected chi connectivity index (χ1v) is 13.1. The number of aromatic hydroxyl groups is 2. The monoisotopic (exact) mass is 466 g/mol. The lowest BCUT2D eigenvalue weighted by Crippen LogP contribution is -2.41. The van der Waals surface area contributed by atoms with Crippen LogP contribution >= 0.6 is 0 Å². The molecule has 1 heterocycles. The van der Waals surface area contributed by atoms with Crippen molar-refractivity contribution in [2.75, 3.05) is 19.6 Å². The Balaban J connectivity index is 1.74. The summed E-state index contributed by atoms with van der Waals surface area (Å²) in [4.78, 5) is 15.1. The minimum Gasteiger partial charge on any atom is -0.507 e. The first-order chi connectivity index (χ1) is 16.5. The fourth-order valence-electron chi connectivity index (χ4n) is 4.91. The fourth-order valence-corrected chi connectivity index (χ4v) is 4.91. The summed E-state index contributed by atoms with van der Waals surface area (Å²) in [5.74, 6) is 0.572. The number of hydrogen-bond donors (Lipinski definition) is 3. The van der Waals surface area contributed by atoms with Crippen molar-refractivity contribution in [1.29, 1.82) is 0 Å². The highest BCUT2D eigenvalue weighted by atomic mass is 16.3. The number of carbonyl (C=O) groups is 1. The van der Waals surface area contributed by atoms with Crippen molar-refractivity contribution in [3.8, 4) is 11.5 Å². The lowest BCUT2D eigenvalue weighted by Gasteiger charge is -2.28. The number of nitrogens with one attached hydrogen (secondary N) is 1. The maximum absolute atomic E-state index is 12.9. The normalized spacial score (nSPS) is 16.2. The van der Waals surface area contributed by atoms with Crippen LogP contribution in [0.25, 0.3) is 0 Å². The number of piperidine rings is 1. The van der Waals surface area contributed by atoms with Gasteiger partial charge < -0.3 is 15.5 Å². The number of likely N-dealkylation sites (tertiary alicyclic amines) is 1. The Morgan fingerprint density at radius 1 is 1.00 bits per heavy atom. The Kier molecular flexibility index (Phi) is 10.3. The molecule has 0 bridgehead atoms. The zero-order valence-electron chi connectivity index (χ0n) is 20.9. The molecule has 34 heavy (non-hydrogen) atoms. The summed E-state index contributed by atoms with van der Waals surface area (Å²) in [5, 5.41) is 25.0. The van der Waals surface area contributed by atoms with E-state index in [9.17, 15) is 15.0 Å². The number of rotatable bonds is 12. The van der Waals surface area contributed by atoms with Crippen LogP contribution in [0.1, 0.15) is 87.9 Å². The van der Waals surface area contributed by atoms with Gasteiger partial charge in [0.05, 0.1) is 18.2 Å². The number of amides is 1. The van der Waals surface area contributed by atoms with Gasteiger partial charge in [-0.15, -0.1) is 0 Å². The summed E-state index contributed by atoms with van der Waals surface area (Å²) in [6.07, 6.45) is 10.3. The number of benzene rings is 2. The lowest BCUT2D eigenvalue weighted by atomic mass is 9.92. The van der Waals surface area contributed by atoms with E-state index in [0.717, 1.165) is 49.9 Å². The highest BCUT2D eigenvalue weighted by Gasteiger charge is 2.25. The Hall–Kier alpha value is -2.53. The van der Waals surface area contributed by atoms with Crippen LogP contribution in [0.2, 0.25) is 0 Å². The second-order valence-corrected chi connectivity index (χ2v) is 9.94. The fraction of sp³-hybridized carbons (Fsp3) is 0.552.